The number of hydrogen-bond donors (Lipinski definition) is 1. The van der Waals surface area contributed by atoms with E-state index in [1.165, 1.54) is 18.7 Å². The van der Waals surface area contributed by atoms with Gasteiger partial charge >= 0.3 is 0 Å². The Kier molecular flexibility index (Phi) is 2.65. The third-order valence-electron chi connectivity index (χ3n) is 3.63. The van der Waals surface area contributed by atoms with Crippen molar-refractivity contribution >= 4 is 0 Å². The van der Waals surface area contributed by atoms with Gasteiger partial charge in [0.2, 0.25) is 0 Å². The molecule has 88 valence electrons. The van der Waals surface area contributed by atoms with Crippen molar-refractivity contribution in [1.29, 1.82) is 0 Å². The summed E-state index contributed by atoms with van der Waals surface area (Å²) in [6, 6.07) is 0. The van der Waals surface area contributed by atoms with Crippen LogP contribution >= 0.6 is 0 Å². The third-order valence-corrected chi connectivity index (χ3v) is 3.63. The van der Waals surface area contributed by atoms with Crippen molar-refractivity contribution in [2.24, 2.45) is 0 Å². The lowest BCUT2D eigenvalue weighted by Crippen LogP contribution is -2.34. The molecule has 1 fully saturated rings. The summed E-state index contributed by atoms with van der Waals surface area (Å²) in [5.41, 5.74) is 0. The summed E-state index contributed by atoms with van der Waals surface area (Å²) in [4.78, 5) is 2.30. The Hall–Kier alpha value is -0.940. The average molecular weight is 221 g/mol. The van der Waals surface area contributed by atoms with E-state index in [0.29, 0.717) is 5.92 Å². The minimum Gasteiger partial charge on any atom is -0.316 e. The number of piperidine rings is 1. The lowest BCUT2D eigenvalue weighted by molar-refractivity contribution is 0.259. The summed E-state index contributed by atoms with van der Waals surface area (Å²) < 4.78 is 2.33. The fourth-order valence-corrected chi connectivity index (χ4v) is 2.68. The fourth-order valence-electron chi connectivity index (χ4n) is 2.68. The molecule has 0 spiro atoms. The minimum absolute atomic E-state index is 0.568. The smallest absolute Gasteiger partial charge is 0.147 e. The van der Waals surface area contributed by atoms with Gasteiger partial charge in [-0.05, 0) is 26.4 Å². The van der Waals surface area contributed by atoms with Crippen molar-refractivity contribution in [2.45, 2.75) is 31.8 Å². The summed E-state index contributed by atoms with van der Waals surface area (Å²) in [6.07, 6.45) is 2.51. The SMILES string of the molecule is CN1CCn2c(nnc2C2CCCNC2)C1. The predicted molar refractivity (Wildman–Crippen MR) is 61.2 cm³/mol. The highest BCUT2D eigenvalue weighted by Gasteiger charge is 2.25. The molecule has 0 aromatic carbocycles. The first-order valence-corrected chi connectivity index (χ1v) is 6.16. The van der Waals surface area contributed by atoms with Crippen LogP contribution in [0.4, 0.5) is 0 Å². The topological polar surface area (TPSA) is 46.0 Å². The van der Waals surface area contributed by atoms with Gasteiger partial charge in [-0.25, -0.2) is 0 Å². The Bertz CT molecular complexity index is 366. The normalized spacial score (nSPS) is 26.7. The highest BCUT2D eigenvalue weighted by atomic mass is 15.3. The molecule has 0 radical (unpaired) electrons. The quantitative estimate of drug-likeness (QED) is 0.735. The first-order chi connectivity index (χ1) is 7.84. The van der Waals surface area contributed by atoms with Gasteiger partial charge in [-0.2, -0.15) is 0 Å². The first kappa shape index (κ1) is 10.2. The van der Waals surface area contributed by atoms with Gasteiger partial charge < -0.3 is 9.88 Å². The highest BCUT2D eigenvalue weighted by molar-refractivity contribution is 5.05. The van der Waals surface area contributed by atoms with Crippen molar-refractivity contribution in [2.75, 3.05) is 26.7 Å². The van der Waals surface area contributed by atoms with Crippen LogP contribution in [-0.2, 0) is 13.1 Å². The van der Waals surface area contributed by atoms with Gasteiger partial charge in [-0.3, -0.25) is 4.90 Å². The molecule has 5 nitrogen and oxygen atoms in total. The van der Waals surface area contributed by atoms with Crippen LogP contribution < -0.4 is 5.32 Å². The van der Waals surface area contributed by atoms with Gasteiger partial charge in [0, 0.05) is 25.6 Å². The number of likely N-dealkylation sites (N-methyl/N-ethyl adjacent to an activating group) is 1. The zero-order valence-corrected chi connectivity index (χ0v) is 9.82. The molecule has 2 aliphatic rings. The molecule has 0 amide bonds. The molecule has 0 bridgehead atoms. The molecule has 5 heteroatoms. The van der Waals surface area contributed by atoms with E-state index >= 15 is 0 Å². The highest BCUT2D eigenvalue weighted by Crippen LogP contribution is 2.23. The summed E-state index contributed by atoms with van der Waals surface area (Å²) in [6.45, 7) is 5.31. The van der Waals surface area contributed by atoms with Crippen LogP contribution in [0.2, 0.25) is 0 Å². The van der Waals surface area contributed by atoms with E-state index in [0.717, 1.165) is 38.5 Å². The van der Waals surface area contributed by atoms with Crippen LogP contribution in [0.1, 0.15) is 30.4 Å². The van der Waals surface area contributed by atoms with Gasteiger partial charge in [-0.1, -0.05) is 0 Å². The summed E-state index contributed by atoms with van der Waals surface area (Å²) in [7, 11) is 2.14. The van der Waals surface area contributed by atoms with Crippen LogP contribution in [0.3, 0.4) is 0 Å². The molecule has 2 aliphatic heterocycles. The molecule has 1 aromatic rings. The van der Waals surface area contributed by atoms with Gasteiger partial charge in [-0.15, -0.1) is 10.2 Å². The molecule has 1 unspecified atom stereocenters. The van der Waals surface area contributed by atoms with E-state index in [1.54, 1.807) is 0 Å². The van der Waals surface area contributed by atoms with E-state index < -0.39 is 0 Å². The van der Waals surface area contributed by atoms with E-state index in [9.17, 15) is 0 Å². The molecular formula is C11H19N5. The molecule has 3 rings (SSSR count). The second-order valence-electron chi connectivity index (χ2n) is 4.91. The Labute approximate surface area is 95.8 Å². The molecule has 0 saturated carbocycles. The van der Waals surface area contributed by atoms with E-state index in [2.05, 4.69) is 32.0 Å². The van der Waals surface area contributed by atoms with Crippen molar-refractivity contribution in [3.8, 4) is 0 Å². The van der Waals surface area contributed by atoms with E-state index in [-0.39, 0.29) is 0 Å². The van der Waals surface area contributed by atoms with E-state index in [4.69, 9.17) is 0 Å². The molecule has 1 aromatic heterocycles. The largest absolute Gasteiger partial charge is 0.316 e. The van der Waals surface area contributed by atoms with Gasteiger partial charge in [0.15, 0.2) is 0 Å². The van der Waals surface area contributed by atoms with Crippen molar-refractivity contribution in [1.82, 2.24) is 25.0 Å². The maximum absolute atomic E-state index is 4.40. The van der Waals surface area contributed by atoms with E-state index in [1.807, 2.05) is 0 Å². The van der Waals surface area contributed by atoms with Crippen LogP contribution in [-0.4, -0.2) is 46.3 Å². The molecule has 0 aliphatic carbocycles. The van der Waals surface area contributed by atoms with Crippen LogP contribution in [0, 0.1) is 0 Å². The number of hydrogen-bond acceptors (Lipinski definition) is 4. The number of aromatic nitrogens is 3. The van der Waals surface area contributed by atoms with Crippen molar-refractivity contribution < 1.29 is 0 Å². The molecule has 1 atom stereocenters. The van der Waals surface area contributed by atoms with Gasteiger partial charge in [0.05, 0.1) is 6.54 Å². The number of nitrogens with zero attached hydrogens (tertiary/aromatic N) is 4. The van der Waals surface area contributed by atoms with Crippen molar-refractivity contribution in [3.05, 3.63) is 11.6 Å². The third kappa shape index (κ3) is 1.74. The lowest BCUT2D eigenvalue weighted by atomic mass is 9.99. The Morgan fingerprint density at radius 3 is 3.06 bits per heavy atom. The van der Waals surface area contributed by atoms with Crippen molar-refractivity contribution in [3.63, 3.8) is 0 Å². The molecule has 3 heterocycles. The molecule has 16 heavy (non-hydrogen) atoms. The van der Waals surface area contributed by atoms with Crippen LogP contribution in [0.5, 0.6) is 0 Å². The maximum atomic E-state index is 4.40. The minimum atomic E-state index is 0.568. The molecule has 1 N–H and O–H groups in total. The number of nitrogens with one attached hydrogen (secondary N) is 1. The maximum Gasteiger partial charge on any atom is 0.147 e. The Morgan fingerprint density at radius 1 is 1.31 bits per heavy atom. The number of fused-ring (bicyclic) bond motifs is 1. The average Bonchev–Trinajstić information content (AvgIpc) is 2.73. The molecular weight excluding hydrogens is 202 g/mol. The fraction of sp³-hybridized carbons (Fsp3) is 0.818. The van der Waals surface area contributed by atoms with Crippen LogP contribution in [0.25, 0.3) is 0 Å². The summed E-state index contributed by atoms with van der Waals surface area (Å²) in [5.74, 6) is 2.91. The standard InChI is InChI=1S/C11H19N5/c1-15-5-6-16-10(8-15)13-14-11(16)9-3-2-4-12-7-9/h9,12H,2-8H2,1H3. The first-order valence-electron chi connectivity index (χ1n) is 6.16. The lowest BCUT2D eigenvalue weighted by Gasteiger charge is -2.27. The number of rotatable bonds is 1. The zero-order chi connectivity index (χ0) is 11.0. The molecule has 1 saturated heterocycles. The zero-order valence-electron chi connectivity index (χ0n) is 9.82. The Morgan fingerprint density at radius 2 is 2.25 bits per heavy atom. The van der Waals surface area contributed by atoms with Gasteiger partial charge in [0.1, 0.15) is 11.6 Å². The summed E-state index contributed by atoms with van der Waals surface area (Å²) in [5, 5.41) is 12.2. The predicted octanol–water partition coefficient (Wildman–Crippen LogP) is 0.190. The Balaban J connectivity index is 1.85. The monoisotopic (exact) mass is 221 g/mol. The van der Waals surface area contributed by atoms with Crippen LogP contribution in [0.15, 0.2) is 0 Å². The second kappa shape index (κ2) is 4.14. The van der Waals surface area contributed by atoms with Gasteiger partial charge in [0.25, 0.3) is 0 Å². The summed E-state index contributed by atoms with van der Waals surface area (Å²) >= 11 is 0. The second-order valence-corrected chi connectivity index (χ2v) is 4.91.